The van der Waals surface area contributed by atoms with Crippen molar-refractivity contribution in [2.24, 2.45) is 0 Å². The first kappa shape index (κ1) is 18.3. The predicted molar refractivity (Wildman–Crippen MR) is 108 cm³/mol. The van der Waals surface area contributed by atoms with Crippen molar-refractivity contribution in [3.05, 3.63) is 81.6 Å². The Hall–Kier alpha value is -3.06. The topological polar surface area (TPSA) is 51.0 Å². The molecule has 0 spiro atoms. The molecule has 0 fully saturated rings. The van der Waals surface area contributed by atoms with E-state index < -0.39 is 0 Å². The van der Waals surface area contributed by atoms with Crippen molar-refractivity contribution in [2.45, 2.75) is 20.0 Å². The minimum atomic E-state index is -0.318. The van der Waals surface area contributed by atoms with Gasteiger partial charge in [0.05, 0.1) is 23.7 Å². The third-order valence-corrected chi connectivity index (χ3v) is 5.43. The van der Waals surface area contributed by atoms with Gasteiger partial charge >= 0.3 is 0 Å². The van der Waals surface area contributed by atoms with Crippen LogP contribution in [0.15, 0.2) is 54.0 Å². The molecule has 28 heavy (non-hydrogen) atoms. The van der Waals surface area contributed by atoms with Crippen LogP contribution in [0.2, 0.25) is 0 Å². The van der Waals surface area contributed by atoms with Crippen molar-refractivity contribution in [3.63, 3.8) is 0 Å². The summed E-state index contributed by atoms with van der Waals surface area (Å²) in [6.07, 6.45) is 1.68. The summed E-state index contributed by atoms with van der Waals surface area (Å²) >= 11 is 1.65. The first-order chi connectivity index (χ1) is 13.5. The summed E-state index contributed by atoms with van der Waals surface area (Å²) in [6, 6.07) is 12.3. The standard InChI is InChI=1S/C21H19FN4OS/c1-14-10-17(21(27)25(2)12-15-6-3-4-8-19(15)22)18-11-23-26(20(18)24-14)13-16-7-5-9-28-16/h3-11H,12-13H2,1-2H3. The summed E-state index contributed by atoms with van der Waals surface area (Å²) in [5.41, 5.74) is 2.42. The number of halogens is 1. The van der Waals surface area contributed by atoms with E-state index in [1.165, 1.54) is 11.0 Å². The monoisotopic (exact) mass is 394 g/mol. The Labute approximate surface area is 166 Å². The molecule has 0 N–H and O–H groups in total. The van der Waals surface area contributed by atoms with Gasteiger partial charge in [0.2, 0.25) is 0 Å². The molecule has 7 heteroatoms. The molecule has 0 saturated heterocycles. The Morgan fingerprint density at radius 1 is 1.25 bits per heavy atom. The summed E-state index contributed by atoms with van der Waals surface area (Å²) in [5, 5.41) is 7.16. The lowest BCUT2D eigenvalue weighted by atomic mass is 10.1. The third-order valence-electron chi connectivity index (χ3n) is 4.57. The van der Waals surface area contributed by atoms with Gasteiger partial charge in [-0.15, -0.1) is 11.3 Å². The van der Waals surface area contributed by atoms with E-state index in [-0.39, 0.29) is 18.3 Å². The molecule has 0 aliphatic rings. The van der Waals surface area contributed by atoms with Crippen LogP contribution in [0.4, 0.5) is 4.39 Å². The van der Waals surface area contributed by atoms with E-state index in [9.17, 15) is 9.18 Å². The SMILES string of the molecule is Cc1cc(C(=O)N(C)Cc2ccccc2F)c2cnn(Cc3cccs3)c2n1. The van der Waals surface area contributed by atoms with Crippen LogP contribution in [0.5, 0.6) is 0 Å². The smallest absolute Gasteiger partial charge is 0.254 e. The Morgan fingerprint density at radius 3 is 2.82 bits per heavy atom. The van der Waals surface area contributed by atoms with E-state index in [1.807, 2.05) is 29.1 Å². The molecule has 0 bridgehead atoms. The van der Waals surface area contributed by atoms with Crippen LogP contribution < -0.4 is 0 Å². The van der Waals surface area contributed by atoms with E-state index in [4.69, 9.17) is 0 Å². The number of amides is 1. The molecular weight excluding hydrogens is 375 g/mol. The lowest BCUT2D eigenvalue weighted by Crippen LogP contribution is -2.27. The maximum atomic E-state index is 14.0. The first-order valence-corrected chi connectivity index (χ1v) is 9.75. The predicted octanol–water partition coefficient (Wildman–Crippen LogP) is 4.26. The summed E-state index contributed by atoms with van der Waals surface area (Å²) in [7, 11) is 1.67. The molecule has 0 atom stereocenters. The first-order valence-electron chi connectivity index (χ1n) is 8.87. The molecular formula is C21H19FN4OS. The number of thiophene rings is 1. The van der Waals surface area contributed by atoms with Gasteiger partial charge in [0, 0.05) is 29.7 Å². The van der Waals surface area contributed by atoms with Gasteiger partial charge in [-0.3, -0.25) is 4.79 Å². The molecule has 142 valence electrons. The van der Waals surface area contributed by atoms with Gasteiger partial charge < -0.3 is 4.90 Å². The fraction of sp³-hybridized carbons (Fsp3) is 0.190. The normalized spacial score (nSPS) is 11.1. The van der Waals surface area contributed by atoms with Crippen LogP contribution >= 0.6 is 11.3 Å². The van der Waals surface area contributed by atoms with E-state index in [0.717, 1.165) is 10.6 Å². The van der Waals surface area contributed by atoms with E-state index in [0.29, 0.717) is 28.7 Å². The molecule has 4 rings (SSSR count). The van der Waals surface area contributed by atoms with Gasteiger partial charge in [-0.1, -0.05) is 24.3 Å². The zero-order valence-electron chi connectivity index (χ0n) is 15.6. The highest BCUT2D eigenvalue weighted by molar-refractivity contribution is 7.09. The van der Waals surface area contributed by atoms with Gasteiger partial charge in [0.25, 0.3) is 5.91 Å². The highest BCUT2D eigenvalue weighted by atomic mass is 32.1. The highest BCUT2D eigenvalue weighted by Crippen LogP contribution is 2.22. The van der Waals surface area contributed by atoms with E-state index >= 15 is 0 Å². The summed E-state index contributed by atoms with van der Waals surface area (Å²) < 4.78 is 15.8. The number of pyridine rings is 1. The molecule has 1 amide bonds. The molecule has 3 aromatic heterocycles. The number of benzene rings is 1. The molecule has 4 aromatic rings. The quantitative estimate of drug-likeness (QED) is 0.508. The van der Waals surface area contributed by atoms with E-state index in [1.54, 1.807) is 48.8 Å². The second-order valence-corrected chi connectivity index (χ2v) is 7.71. The van der Waals surface area contributed by atoms with Crippen molar-refractivity contribution >= 4 is 28.3 Å². The lowest BCUT2D eigenvalue weighted by molar-refractivity contribution is 0.0785. The molecule has 0 saturated carbocycles. The fourth-order valence-electron chi connectivity index (χ4n) is 3.18. The Morgan fingerprint density at radius 2 is 2.07 bits per heavy atom. The van der Waals surface area contributed by atoms with Crippen LogP contribution in [0.1, 0.15) is 26.5 Å². The van der Waals surface area contributed by atoms with Gasteiger partial charge in [-0.2, -0.15) is 5.10 Å². The van der Waals surface area contributed by atoms with Crippen LogP contribution in [0.25, 0.3) is 11.0 Å². The Balaban J connectivity index is 1.67. The number of hydrogen-bond acceptors (Lipinski definition) is 4. The highest BCUT2D eigenvalue weighted by Gasteiger charge is 2.20. The van der Waals surface area contributed by atoms with E-state index in [2.05, 4.69) is 10.1 Å². The summed E-state index contributed by atoms with van der Waals surface area (Å²) in [5.74, 6) is -0.503. The fourth-order valence-corrected chi connectivity index (χ4v) is 3.86. The second-order valence-electron chi connectivity index (χ2n) is 6.68. The average Bonchev–Trinajstić information content (AvgIpc) is 3.33. The summed E-state index contributed by atoms with van der Waals surface area (Å²) in [4.78, 5) is 20.4. The zero-order chi connectivity index (χ0) is 19.7. The van der Waals surface area contributed by atoms with Gasteiger partial charge in [0.15, 0.2) is 5.65 Å². The van der Waals surface area contributed by atoms with Crippen molar-refractivity contribution in [1.82, 2.24) is 19.7 Å². The molecule has 1 aromatic carbocycles. The minimum absolute atomic E-state index is 0.186. The number of carbonyl (C=O) groups excluding carboxylic acids is 1. The number of nitrogens with zero attached hydrogens (tertiary/aromatic N) is 4. The number of rotatable bonds is 5. The average molecular weight is 394 g/mol. The van der Waals surface area contributed by atoms with Gasteiger partial charge in [-0.25, -0.2) is 14.1 Å². The van der Waals surface area contributed by atoms with Gasteiger partial charge in [-0.05, 0) is 30.5 Å². The minimum Gasteiger partial charge on any atom is -0.337 e. The number of hydrogen-bond donors (Lipinski definition) is 0. The van der Waals surface area contributed by atoms with Crippen molar-refractivity contribution < 1.29 is 9.18 Å². The largest absolute Gasteiger partial charge is 0.337 e. The van der Waals surface area contributed by atoms with Crippen LogP contribution in [0.3, 0.4) is 0 Å². The second kappa shape index (κ2) is 7.52. The molecule has 0 unspecified atom stereocenters. The lowest BCUT2D eigenvalue weighted by Gasteiger charge is -2.18. The molecule has 0 radical (unpaired) electrons. The maximum Gasteiger partial charge on any atom is 0.254 e. The van der Waals surface area contributed by atoms with Crippen LogP contribution in [0, 0.1) is 12.7 Å². The summed E-state index contributed by atoms with van der Waals surface area (Å²) in [6.45, 7) is 2.66. The Kier molecular flexibility index (Phi) is 4.92. The number of aromatic nitrogens is 3. The van der Waals surface area contributed by atoms with Gasteiger partial charge in [0.1, 0.15) is 5.82 Å². The van der Waals surface area contributed by atoms with Crippen LogP contribution in [-0.2, 0) is 13.1 Å². The number of carbonyl (C=O) groups is 1. The van der Waals surface area contributed by atoms with Crippen molar-refractivity contribution in [2.75, 3.05) is 7.05 Å². The third kappa shape index (κ3) is 3.53. The van der Waals surface area contributed by atoms with Crippen molar-refractivity contribution in [3.8, 4) is 0 Å². The molecule has 0 aliphatic carbocycles. The Bertz CT molecular complexity index is 1140. The molecule has 0 aliphatic heterocycles. The maximum absolute atomic E-state index is 14.0. The molecule has 5 nitrogen and oxygen atoms in total. The zero-order valence-corrected chi connectivity index (χ0v) is 16.4. The molecule has 3 heterocycles. The number of fused-ring (bicyclic) bond motifs is 1. The van der Waals surface area contributed by atoms with Crippen LogP contribution in [-0.4, -0.2) is 32.6 Å². The van der Waals surface area contributed by atoms with Crippen molar-refractivity contribution in [1.29, 1.82) is 0 Å². The number of aryl methyl sites for hydroxylation is 1.